The van der Waals surface area contributed by atoms with Gasteiger partial charge < -0.3 is 20.5 Å². The second kappa shape index (κ2) is 9.25. The molecule has 1 unspecified atom stereocenters. The monoisotopic (exact) mass is 324 g/mol. The van der Waals surface area contributed by atoms with Crippen LogP contribution in [0.4, 0.5) is 0 Å². The van der Waals surface area contributed by atoms with E-state index in [0.29, 0.717) is 13.2 Å². The number of halogens is 1. The average molecular weight is 325 g/mol. The Hall–Kier alpha value is -1.82. The molecule has 0 bridgehead atoms. The minimum atomic E-state index is -0.643. The normalized spacial score (nSPS) is 11.5. The van der Waals surface area contributed by atoms with Crippen LogP contribution in [0.2, 0.25) is 0 Å². The summed E-state index contributed by atoms with van der Waals surface area (Å²) < 4.78 is 10.4. The van der Waals surface area contributed by atoms with Gasteiger partial charge in [-0.15, -0.1) is 12.4 Å². The van der Waals surface area contributed by atoms with Crippen LogP contribution in [0.25, 0.3) is 10.8 Å². The van der Waals surface area contributed by atoms with Gasteiger partial charge in [-0.2, -0.15) is 0 Å². The smallest absolute Gasteiger partial charge is 0.239 e. The zero-order valence-electron chi connectivity index (χ0n) is 12.5. The number of benzene rings is 2. The van der Waals surface area contributed by atoms with Gasteiger partial charge in [0.25, 0.3) is 0 Å². The minimum absolute atomic E-state index is 0. The third-order valence-corrected chi connectivity index (χ3v) is 3.07. The summed E-state index contributed by atoms with van der Waals surface area (Å²) in [6.45, 7) is 1.00. The number of hydrogen-bond acceptors (Lipinski definition) is 4. The summed E-state index contributed by atoms with van der Waals surface area (Å²) in [6.07, 6.45) is 0. The quantitative estimate of drug-likeness (QED) is 0.761. The number of carbonyl (C=O) groups is 1. The number of fused-ring (bicyclic) bond motifs is 1. The summed E-state index contributed by atoms with van der Waals surface area (Å²) in [4.78, 5) is 11.5. The van der Waals surface area contributed by atoms with Gasteiger partial charge in [-0.1, -0.05) is 30.3 Å². The number of hydrogen-bond donors (Lipinski definition) is 2. The molecule has 0 aromatic heterocycles. The second-order valence-electron chi connectivity index (χ2n) is 4.71. The molecule has 1 atom stereocenters. The van der Waals surface area contributed by atoms with E-state index < -0.39 is 6.04 Å². The van der Waals surface area contributed by atoms with E-state index >= 15 is 0 Å². The Morgan fingerprint density at radius 2 is 1.95 bits per heavy atom. The zero-order valence-corrected chi connectivity index (χ0v) is 13.3. The van der Waals surface area contributed by atoms with Crippen LogP contribution in [-0.4, -0.2) is 38.8 Å². The van der Waals surface area contributed by atoms with Crippen molar-refractivity contribution in [1.29, 1.82) is 0 Å². The summed E-state index contributed by atoms with van der Waals surface area (Å²) in [5, 5.41) is 5.00. The Labute approximate surface area is 136 Å². The van der Waals surface area contributed by atoms with Gasteiger partial charge in [0.15, 0.2) is 0 Å². The maximum absolute atomic E-state index is 11.5. The zero-order chi connectivity index (χ0) is 15.1. The van der Waals surface area contributed by atoms with E-state index in [1.165, 1.54) is 12.5 Å². The largest absolute Gasteiger partial charge is 0.492 e. The molecule has 0 saturated heterocycles. The second-order valence-corrected chi connectivity index (χ2v) is 4.71. The van der Waals surface area contributed by atoms with Gasteiger partial charge in [0, 0.05) is 7.11 Å². The number of nitrogens with one attached hydrogen (secondary N) is 1. The molecule has 2 aromatic rings. The van der Waals surface area contributed by atoms with Gasteiger partial charge in [0.05, 0.1) is 13.2 Å². The summed E-state index contributed by atoms with van der Waals surface area (Å²) in [6, 6.07) is 13.3. The third kappa shape index (κ3) is 5.18. The molecule has 0 radical (unpaired) electrons. The molecular formula is C16H21ClN2O3. The molecule has 0 heterocycles. The van der Waals surface area contributed by atoms with Crippen LogP contribution in [0.5, 0.6) is 5.75 Å². The molecule has 2 aromatic carbocycles. The lowest BCUT2D eigenvalue weighted by molar-refractivity contribution is -0.123. The SMILES string of the molecule is COCC(N)C(=O)NCCOc1ccc2ccccc2c1.Cl. The fourth-order valence-electron chi connectivity index (χ4n) is 1.99. The van der Waals surface area contributed by atoms with E-state index in [1.807, 2.05) is 36.4 Å². The average Bonchev–Trinajstić information content (AvgIpc) is 2.51. The van der Waals surface area contributed by atoms with Gasteiger partial charge in [-0.25, -0.2) is 0 Å². The van der Waals surface area contributed by atoms with E-state index in [2.05, 4.69) is 11.4 Å². The fourth-order valence-corrected chi connectivity index (χ4v) is 1.99. The molecule has 0 fully saturated rings. The first kappa shape index (κ1) is 18.2. The number of ether oxygens (including phenoxy) is 2. The van der Waals surface area contributed by atoms with Crippen molar-refractivity contribution in [2.24, 2.45) is 5.73 Å². The van der Waals surface area contributed by atoms with Crippen molar-refractivity contribution in [3.63, 3.8) is 0 Å². The highest BCUT2D eigenvalue weighted by Crippen LogP contribution is 2.20. The lowest BCUT2D eigenvalue weighted by Crippen LogP contribution is -2.44. The first-order chi connectivity index (χ1) is 10.2. The predicted octanol–water partition coefficient (Wildman–Crippen LogP) is 1.73. The minimum Gasteiger partial charge on any atom is -0.492 e. The van der Waals surface area contributed by atoms with E-state index in [1.54, 1.807) is 0 Å². The topological polar surface area (TPSA) is 73.6 Å². The van der Waals surface area contributed by atoms with E-state index in [-0.39, 0.29) is 24.9 Å². The predicted molar refractivity (Wildman–Crippen MR) is 89.6 cm³/mol. The summed E-state index contributed by atoms with van der Waals surface area (Å²) in [5.41, 5.74) is 5.61. The Morgan fingerprint density at radius 1 is 1.23 bits per heavy atom. The molecule has 1 amide bonds. The first-order valence-electron chi connectivity index (χ1n) is 6.84. The van der Waals surface area contributed by atoms with Crippen LogP contribution in [0.15, 0.2) is 42.5 Å². The van der Waals surface area contributed by atoms with Gasteiger partial charge >= 0.3 is 0 Å². The van der Waals surface area contributed by atoms with Crippen LogP contribution in [0, 0.1) is 0 Å². The highest BCUT2D eigenvalue weighted by Gasteiger charge is 2.11. The van der Waals surface area contributed by atoms with E-state index in [0.717, 1.165) is 11.1 Å². The highest BCUT2D eigenvalue weighted by molar-refractivity contribution is 5.85. The van der Waals surface area contributed by atoms with Crippen molar-refractivity contribution in [2.45, 2.75) is 6.04 Å². The molecule has 6 heteroatoms. The number of methoxy groups -OCH3 is 1. The van der Waals surface area contributed by atoms with E-state index in [9.17, 15) is 4.79 Å². The van der Waals surface area contributed by atoms with Crippen molar-refractivity contribution in [3.05, 3.63) is 42.5 Å². The van der Waals surface area contributed by atoms with Gasteiger partial charge in [-0.3, -0.25) is 4.79 Å². The number of rotatable bonds is 7. The molecule has 0 spiro atoms. The van der Waals surface area contributed by atoms with Crippen LogP contribution >= 0.6 is 12.4 Å². The van der Waals surface area contributed by atoms with Crippen molar-refractivity contribution < 1.29 is 14.3 Å². The summed E-state index contributed by atoms with van der Waals surface area (Å²) in [7, 11) is 1.51. The number of nitrogens with two attached hydrogens (primary N) is 1. The van der Waals surface area contributed by atoms with Crippen molar-refractivity contribution in [1.82, 2.24) is 5.32 Å². The van der Waals surface area contributed by atoms with Crippen molar-refractivity contribution in [3.8, 4) is 5.75 Å². The number of amides is 1. The molecule has 22 heavy (non-hydrogen) atoms. The standard InChI is InChI=1S/C16H20N2O3.ClH/c1-20-11-15(17)16(19)18-8-9-21-14-7-6-12-4-2-3-5-13(12)10-14;/h2-7,10,15H,8-9,11,17H2,1H3,(H,18,19);1H. The molecule has 0 aliphatic carbocycles. The lowest BCUT2D eigenvalue weighted by Gasteiger charge is -2.12. The Morgan fingerprint density at radius 3 is 2.68 bits per heavy atom. The van der Waals surface area contributed by atoms with Crippen LogP contribution < -0.4 is 15.8 Å². The molecule has 0 aliphatic rings. The highest BCUT2D eigenvalue weighted by atomic mass is 35.5. The molecule has 2 rings (SSSR count). The van der Waals surface area contributed by atoms with E-state index in [4.69, 9.17) is 15.2 Å². The maximum atomic E-state index is 11.5. The maximum Gasteiger partial charge on any atom is 0.239 e. The van der Waals surface area contributed by atoms with Crippen molar-refractivity contribution in [2.75, 3.05) is 26.9 Å². The van der Waals surface area contributed by atoms with Gasteiger partial charge in [0.2, 0.25) is 5.91 Å². The fraction of sp³-hybridized carbons (Fsp3) is 0.312. The Kier molecular flexibility index (Phi) is 7.66. The first-order valence-corrected chi connectivity index (χ1v) is 6.84. The Balaban J connectivity index is 0.00000242. The summed E-state index contributed by atoms with van der Waals surface area (Å²) >= 11 is 0. The number of carbonyl (C=O) groups excluding carboxylic acids is 1. The van der Waals surface area contributed by atoms with Gasteiger partial charge in [-0.05, 0) is 22.9 Å². The molecule has 0 aliphatic heterocycles. The van der Waals surface area contributed by atoms with Crippen LogP contribution in [-0.2, 0) is 9.53 Å². The van der Waals surface area contributed by atoms with Gasteiger partial charge in [0.1, 0.15) is 18.4 Å². The molecule has 5 nitrogen and oxygen atoms in total. The van der Waals surface area contributed by atoms with Crippen molar-refractivity contribution >= 4 is 29.1 Å². The van der Waals surface area contributed by atoms with Crippen LogP contribution in [0.1, 0.15) is 0 Å². The molecule has 3 N–H and O–H groups in total. The lowest BCUT2D eigenvalue weighted by atomic mass is 10.1. The Bertz CT molecular complexity index is 607. The molecule has 0 saturated carbocycles. The van der Waals surface area contributed by atoms with Crippen LogP contribution in [0.3, 0.4) is 0 Å². The summed E-state index contributed by atoms with van der Waals surface area (Å²) in [5.74, 6) is 0.545. The molecular weight excluding hydrogens is 304 g/mol. The third-order valence-electron chi connectivity index (χ3n) is 3.07. The molecule has 120 valence electrons.